The number of esters is 1. The lowest BCUT2D eigenvalue weighted by Gasteiger charge is -2.09. The number of carbonyl (C=O) groups excluding carboxylic acids is 2. The molecule has 10 heteroatoms. The molecule has 122 valence electrons. The number of ether oxygens (including phenoxy) is 1. The quantitative estimate of drug-likeness (QED) is 0.256. The van der Waals surface area contributed by atoms with E-state index in [1.165, 1.54) is 18.2 Å². The average Bonchev–Trinajstić information content (AvgIpc) is 2.47. The molecule has 1 amide bonds. The fourth-order valence-electron chi connectivity index (χ4n) is 1.36. The normalized spacial score (nSPS) is 10.2. The lowest BCUT2D eigenvalue weighted by Crippen LogP contribution is -2.33. The van der Waals surface area contributed by atoms with Crippen molar-refractivity contribution < 1.29 is 19.2 Å². The molecular formula is C13H12BrN3O5S. The van der Waals surface area contributed by atoms with Gasteiger partial charge in [0.15, 0.2) is 5.11 Å². The molecule has 0 bridgehead atoms. The number of nitrogens with one attached hydrogen (secondary N) is 2. The van der Waals surface area contributed by atoms with Gasteiger partial charge in [-0.2, -0.15) is 0 Å². The number of carbonyl (C=O) groups is 2. The van der Waals surface area contributed by atoms with E-state index in [1.807, 2.05) is 0 Å². The van der Waals surface area contributed by atoms with Crippen LogP contribution >= 0.6 is 28.1 Å². The minimum Gasteiger partial charge on any atom is -0.463 e. The Kier molecular flexibility index (Phi) is 7.29. The van der Waals surface area contributed by atoms with Crippen molar-refractivity contribution in [3.63, 3.8) is 0 Å². The lowest BCUT2D eigenvalue weighted by molar-refractivity contribution is -0.384. The summed E-state index contributed by atoms with van der Waals surface area (Å²) in [5.41, 5.74) is 0.352. The van der Waals surface area contributed by atoms with Crippen molar-refractivity contribution in [3.8, 4) is 0 Å². The molecule has 0 spiro atoms. The number of nitrogens with zero attached hydrogens (tertiary/aromatic N) is 1. The maximum Gasteiger partial charge on any atom is 0.330 e. The molecule has 0 aromatic heterocycles. The molecule has 0 heterocycles. The number of benzene rings is 1. The second-order valence-corrected chi connectivity index (χ2v) is 5.21. The highest BCUT2D eigenvalue weighted by molar-refractivity contribution is 9.10. The van der Waals surface area contributed by atoms with E-state index in [9.17, 15) is 19.7 Å². The fourth-order valence-corrected chi connectivity index (χ4v) is 2.04. The molecule has 8 nitrogen and oxygen atoms in total. The molecule has 0 aliphatic carbocycles. The third-order valence-corrected chi connectivity index (χ3v) is 3.17. The van der Waals surface area contributed by atoms with Crippen LogP contribution < -0.4 is 10.6 Å². The van der Waals surface area contributed by atoms with E-state index in [4.69, 9.17) is 12.2 Å². The van der Waals surface area contributed by atoms with Gasteiger partial charge in [-0.15, -0.1) is 0 Å². The van der Waals surface area contributed by atoms with Gasteiger partial charge < -0.3 is 10.1 Å². The Morgan fingerprint density at radius 2 is 2.13 bits per heavy atom. The summed E-state index contributed by atoms with van der Waals surface area (Å²) >= 11 is 8.10. The number of rotatable bonds is 5. The Morgan fingerprint density at radius 3 is 2.70 bits per heavy atom. The maximum atomic E-state index is 11.5. The predicted molar refractivity (Wildman–Crippen MR) is 90.9 cm³/mol. The number of hydrogen-bond donors (Lipinski definition) is 2. The molecule has 0 fully saturated rings. The fraction of sp³-hybridized carbons (Fsp3) is 0.154. The molecule has 0 saturated heterocycles. The van der Waals surface area contributed by atoms with Crippen LogP contribution in [0.25, 0.3) is 0 Å². The SMILES string of the molecule is CCOC(=O)C=CC(=O)NC(=S)Nc1ccc([N+](=O)[O-])cc1Br. The standard InChI is InChI=1S/C13H12BrN3O5S/c1-2-22-12(19)6-5-11(18)16-13(23)15-10-4-3-8(17(20)21)7-9(10)14/h3-7H,2H2,1H3,(H2,15,16,18,23). The van der Waals surface area contributed by atoms with Crippen LogP contribution in [0.3, 0.4) is 0 Å². The zero-order valence-corrected chi connectivity index (χ0v) is 14.3. The Bertz CT molecular complexity index is 678. The molecular weight excluding hydrogens is 390 g/mol. The Morgan fingerprint density at radius 1 is 1.43 bits per heavy atom. The summed E-state index contributed by atoms with van der Waals surface area (Å²) < 4.78 is 5.03. The van der Waals surface area contributed by atoms with E-state index in [-0.39, 0.29) is 17.4 Å². The smallest absolute Gasteiger partial charge is 0.330 e. The van der Waals surface area contributed by atoms with Gasteiger partial charge in [0.1, 0.15) is 0 Å². The topological polar surface area (TPSA) is 111 Å². The summed E-state index contributed by atoms with van der Waals surface area (Å²) in [7, 11) is 0. The van der Waals surface area contributed by atoms with E-state index in [0.717, 1.165) is 12.2 Å². The summed E-state index contributed by atoms with van der Waals surface area (Å²) in [5.74, 6) is -1.26. The first kappa shape index (κ1) is 18.7. The highest BCUT2D eigenvalue weighted by Gasteiger charge is 2.10. The predicted octanol–water partition coefficient (Wildman–Crippen LogP) is 2.29. The molecule has 1 rings (SSSR count). The van der Waals surface area contributed by atoms with Crippen LogP contribution in [-0.4, -0.2) is 28.5 Å². The first-order chi connectivity index (χ1) is 10.8. The van der Waals surface area contributed by atoms with Crippen molar-refractivity contribution in [1.82, 2.24) is 5.32 Å². The number of amides is 1. The van der Waals surface area contributed by atoms with E-state index < -0.39 is 16.8 Å². The third-order valence-electron chi connectivity index (χ3n) is 2.31. The van der Waals surface area contributed by atoms with Crippen LogP contribution in [0, 0.1) is 10.1 Å². The number of anilines is 1. The number of nitro groups is 1. The minimum atomic E-state index is -0.639. The molecule has 0 radical (unpaired) electrons. The van der Waals surface area contributed by atoms with Gasteiger partial charge in [0.25, 0.3) is 5.69 Å². The monoisotopic (exact) mass is 401 g/mol. The van der Waals surface area contributed by atoms with Gasteiger partial charge in [0.05, 0.1) is 17.2 Å². The molecule has 1 aromatic carbocycles. The van der Waals surface area contributed by atoms with E-state index >= 15 is 0 Å². The van der Waals surface area contributed by atoms with Crippen molar-refractivity contribution in [2.45, 2.75) is 6.92 Å². The highest BCUT2D eigenvalue weighted by Crippen LogP contribution is 2.26. The van der Waals surface area contributed by atoms with Crippen molar-refractivity contribution in [1.29, 1.82) is 0 Å². The van der Waals surface area contributed by atoms with Crippen LogP contribution in [0.15, 0.2) is 34.8 Å². The lowest BCUT2D eigenvalue weighted by atomic mass is 10.3. The molecule has 0 aliphatic heterocycles. The van der Waals surface area contributed by atoms with Gasteiger partial charge >= 0.3 is 5.97 Å². The molecule has 0 aliphatic rings. The van der Waals surface area contributed by atoms with E-state index in [0.29, 0.717) is 10.2 Å². The molecule has 23 heavy (non-hydrogen) atoms. The van der Waals surface area contributed by atoms with Gasteiger partial charge in [-0.1, -0.05) is 0 Å². The average molecular weight is 402 g/mol. The van der Waals surface area contributed by atoms with Gasteiger partial charge in [0.2, 0.25) is 5.91 Å². The number of hydrogen-bond acceptors (Lipinski definition) is 6. The van der Waals surface area contributed by atoms with Crippen LogP contribution in [0.1, 0.15) is 6.92 Å². The van der Waals surface area contributed by atoms with Crippen LogP contribution in [-0.2, 0) is 14.3 Å². The van der Waals surface area contributed by atoms with Crippen LogP contribution in [0.2, 0.25) is 0 Å². The van der Waals surface area contributed by atoms with Crippen LogP contribution in [0.5, 0.6) is 0 Å². The number of halogens is 1. The maximum absolute atomic E-state index is 11.5. The van der Waals surface area contributed by atoms with E-state index in [1.54, 1.807) is 6.92 Å². The molecule has 0 atom stereocenters. The number of nitro benzene ring substituents is 1. The highest BCUT2D eigenvalue weighted by atomic mass is 79.9. The van der Waals surface area contributed by atoms with Crippen molar-refractivity contribution in [2.24, 2.45) is 0 Å². The summed E-state index contributed by atoms with van der Waals surface area (Å²) in [5, 5.41) is 15.6. The molecule has 2 N–H and O–H groups in total. The van der Waals surface area contributed by atoms with Crippen molar-refractivity contribution in [2.75, 3.05) is 11.9 Å². The first-order valence-electron chi connectivity index (χ1n) is 6.24. The summed E-state index contributed by atoms with van der Waals surface area (Å²) in [6.45, 7) is 1.85. The van der Waals surface area contributed by atoms with Gasteiger partial charge in [0, 0.05) is 28.8 Å². The van der Waals surface area contributed by atoms with Crippen molar-refractivity contribution in [3.05, 3.63) is 44.9 Å². The Balaban J connectivity index is 2.61. The number of thiocarbonyl (C=S) groups is 1. The van der Waals surface area contributed by atoms with Gasteiger partial charge in [-0.05, 0) is 41.1 Å². The minimum absolute atomic E-state index is 0.0296. The molecule has 0 saturated carbocycles. The molecule has 1 aromatic rings. The Hall–Kier alpha value is -2.33. The third kappa shape index (κ3) is 6.53. The first-order valence-corrected chi connectivity index (χ1v) is 7.44. The molecule has 0 unspecified atom stereocenters. The van der Waals surface area contributed by atoms with Gasteiger partial charge in [-0.25, -0.2) is 4.79 Å². The van der Waals surface area contributed by atoms with Crippen molar-refractivity contribution >= 4 is 56.5 Å². The second kappa shape index (κ2) is 8.96. The second-order valence-electron chi connectivity index (χ2n) is 3.95. The summed E-state index contributed by atoms with van der Waals surface area (Å²) in [4.78, 5) is 32.7. The van der Waals surface area contributed by atoms with Gasteiger partial charge in [-0.3, -0.25) is 20.2 Å². The number of non-ortho nitro benzene ring substituents is 1. The summed E-state index contributed by atoms with van der Waals surface area (Å²) in [6.07, 6.45) is 1.96. The van der Waals surface area contributed by atoms with E-state index in [2.05, 4.69) is 31.3 Å². The zero-order chi connectivity index (χ0) is 17.4. The Labute approximate surface area is 145 Å². The summed E-state index contributed by atoms with van der Waals surface area (Å²) in [6, 6.07) is 4.03. The van der Waals surface area contributed by atoms with Crippen LogP contribution in [0.4, 0.5) is 11.4 Å². The zero-order valence-electron chi connectivity index (χ0n) is 11.9. The largest absolute Gasteiger partial charge is 0.463 e.